The molecule has 0 saturated heterocycles. The number of fused-ring (bicyclic) bond motifs is 1. The summed E-state index contributed by atoms with van der Waals surface area (Å²) >= 11 is 8.45. The summed E-state index contributed by atoms with van der Waals surface area (Å²) in [4.78, 5) is 0. The van der Waals surface area contributed by atoms with E-state index in [-0.39, 0.29) is 0 Å². The third-order valence-electron chi connectivity index (χ3n) is 3.84. The summed E-state index contributed by atoms with van der Waals surface area (Å²) in [6, 6.07) is 8.88. The molecular weight excluding hydrogens is 248 g/mol. The van der Waals surface area contributed by atoms with E-state index in [9.17, 15) is 0 Å². The van der Waals surface area contributed by atoms with Gasteiger partial charge in [0.1, 0.15) is 0 Å². The summed E-state index contributed by atoms with van der Waals surface area (Å²) in [5.41, 5.74) is 1.49. The van der Waals surface area contributed by atoms with Gasteiger partial charge in [-0.15, -0.1) is 22.9 Å². The van der Waals surface area contributed by atoms with Gasteiger partial charge in [-0.2, -0.15) is 0 Å². The van der Waals surface area contributed by atoms with Gasteiger partial charge in [-0.1, -0.05) is 37.5 Å². The van der Waals surface area contributed by atoms with Crippen molar-refractivity contribution in [2.75, 3.05) is 0 Å². The smallest absolute Gasteiger partial charge is 0.0405 e. The number of rotatable bonds is 1. The van der Waals surface area contributed by atoms with Gasteiger partial charge >= 0.3 is 0 Å². The Hall–Kier alpha value is -0.530. The summed E-state index contributed by atoms with van der Waals surface area (Å²) in [5.74, 6) is 0.557. The first-order valence-corrected chi connectivity index (χ1v) is 7.78. The Morgan fingerprint density at radius 2 is 1.94 bits per heavy atom. The number of alkyl halides is 1. The number of hydrogen-bond acceptors (Lipinski definition) is 1. The van der Waals surface area contributed by atoms with Crippen molar-refractivity contribution in [3.63, 3.8) is 0 Å². The van der Waals surface area contributed by atoms with Crippen molar-refractivity contribution < 1.29 is 0 Å². The molecule has 2 unspecified atom stereocenters. The molecule has 0 nitrogen and oxygen atoms in total. The quantitative estimate of drug-likeness (QED) is 0.467. The first-order valence-electron chi connectivity index (χ1n) is 6.46. The van der Waals surface area contributed by atoms with Gasteiger partial charge in [-0.05, 0) is 35.2 Å². The van der Waals surface area contributed by atoms with Gasteiger partial charge in [0, 0.05) is 16.0 Å². The highest BCUT2D eigenvalue weighted by molar-refractivity contribution is 7.17. The van der Waals surface area contributed by atoms with E-state index < -0.39 is 0 Å². The molecule has 17 heavy (non-hydrogen) atoms. The van der Waals surface area contributed by atoms with Crippen LogP contribution in [0, 0.1) is 0 Å². The predicted octanol–water partition coefficient (Wildman–Crippen LogP) is 5.56. The van der Waals surface area contributed by atoms with Crippen molar-refractivity contribution in [1.29, 1.82) is 0 Å². The maximum atomic E-state index is 6.59. The van der Waals surface area contributed by atoms with Gasteiger partial charge in [0.05, 0.1) is 0 Å². The lowest BCUT2D eigenvalue weighted by Gasteiger charge is -2.20. The van der Waals surface area contributed by atoms with Crippen molar-refractivity contribution in [1.82, 2.24) is 0 Å². The molecule has 0 aliphatic heterocycles. The Bertz CT molecular complexity index is 502. The molecule has 0 amide bonds. The van der Waals surface area contributed by atoms with Gasteiger partial charge in [-0.3, -0.25) is 0 Å². The van der Waals surface area contributed by atoms with E-state index in [1.807, 2.05) is 11.3 Å². The normalized spacial score (nSPS) is 25.9. The second-order valence-electron chi connectivity index (χ2n) is 4.95. The van der Waals surface area contributed by atoms with Crippen LogP contribution in [0.2, 0.25) is 0 Å². The Labute approximate surface area is 112 Å². The lowest BCUT2D eigenvalue weighted by molar-refractivity contribution is 0.604. The van der Waals surface area contributed by atoms with Crippen LogP contribution in [0.15, 0.2) is 29.6 Å². The molecule has 3 rings (SSSR count). The SMILES string of the molecule is ClC1CCCCCC1c1cccc2ccsc12. The van der Waals surface area contributed by atoms with Crippen LogP contribution in [-0.4, -0.2) is 5.38 Å². The number of hydrogen-bond donors (Lipinski definition) is 0. The van der Waals surface area contributed by atoms with Crippen molar-refractivity contribution in [2.45, 2.75) is 43.4 Å². The zero-order valence-corrected chi connectivity index (χ0v) is 11.4. The second kappa shape index (κ2) is 4.99. The Morgan fingerprint density at radius 3 is 2.88 bits per heavy atom. The largest absolute Gasteiger partial charge is 0.144 e. The van der Waals surface area contributed by atoms with Gasteiger partial charge in [0.15, 0.2) is 0 Å². The van der Waals surface area contributed by atoms with E-state index in [4.69, 9.17) is 11.6 Å². The minimum Gasteiger partial charge on any atom is -0.144 e. The monoisotopic (exact) mass is 264 g/mol. The summed E-state index contributed by atoms with van der Waals surface area (Å²) in [6.45, 7) is 0. The lowest BCUT2D eigenvalue weighted by Crippen LogP contribution is -2.11. The average Bonchev–Trinajstić information content (AvgIpc) is 2.72. The molecule has 2 heteroatoms. The van der Waals surface area contributed by atoms with Crippen molar-refractivity contribution in [3.05, 3.63) is 35.2 Å². The fourth-order valence-corrected chi connectivity index (χ4v) is 4.32. The summed E-state index contributed by atoms with van der Waals surface area (Å²) in [5, 5.41) is 3.89. The Kier molecular flexibility index (Phi) is 3.39. The zero-order chi connectivity index (χ0) is 11.7. The second-order valence-corrected chi connectivity index (χ2v) is 6.42. The molecular formula is C15H17ClS. The van der Waals surface area contributed by atoms with Crippen molar-refractivity contribution in [3.8, 4) is 0 Å². The summed E-state index contributed by atoms with van der Waals surface area (Å²) < 4.78 is 1.45. The standard InChI is InChI=1S/C15H17ClS/c16-14-8-3-1-2-6-12(14)13-7-4-5-11-9-10-17-15(11)13/h4-5,7,9-10,12,14H,1-3,6,8H2. The van der Waals surface area contributed by atoms with E-state index in [2.05, 4.69) is 29.6 Å². The Morgan fingerprint density at radius 1 is 1.06 bits per heavy atom. The van der Waals surface area contributed by atoms with Gasteiger partial charge in [-0.25, -0.2) is 0 Å². The van der Waals surface area contributed by atoms with Gasteiger partial charge in [0.25, 0.3) is 0 Å². The minimum atomic E-state index is 0.324. The fourth-order valence-electron chi connectivity index (χ4n) is 2.92. The van der Waals surface area contributed by atoms with Crippen LogP contribution in [0.25, 0.3) is 10.1 Å². The first-order chi connectivity index (χ1) is 8.36. The van der Waals surface area contributed by atoms with Crippen molar-refractivity contribution >= 4 is 33.0 Å². The minimum absolute atomic E-state index is 0.324. The molecule has 0 bridgehead atoms. The molecule has 1 aliphatic rings. The summed E-state index contributed by atoms with van der Waals surface area (Å²) in [7, 11) is 0. The maximum absolute atomic E-state index is 6.59. The van der Waals surface area contributed by atoms with Crippen LogP contribution in [-0.2, 0) is 0 Å². The fraction of sp³-hybridized carbons (Fsp3) is 0.467. The Balaban J connectivity index is 2.03. The molecule has 2 aromatic rings. The molecule has 0 N–H and O–H groups in total. The molecule has 1 aliphatic carbocycles. The molecule has 0 radical (unpaired) electrons. The third-order valence-corrected chi connectivity index (χ3v) is 5.34. The predicted molar refractivity (Wildman–Crippen MR) is 77.3 cm³/mol. The highest BCUT2D eigenvalue weighted by atomic mass is 35.5. The molecule has 1 fully saturated rings. The number of benzene rings is 1. The van der Waals surface area contributed by atoms with E-state index in [0.29, 0.717) is 11.3 Å². The number of halogens is 1. The first kappa shape index (κ1) is 11.6. The molecule has 1 heterocycles. The van der Waals surface area contributed by atoms with E-state index in [0.717, 1.165) is 0 Å². The van der Waals surface area contributed by atoms with E-state index in [1.165, 1.54) is 47.8 Å². The summed E-state index contributed by atoms with van der Waals surface area (Å²) in [6.07, 6.45) is 6.40. The highest BCUT2D eigenvalue weighted by Crippen LogP contribution is 2.39. The van der Waals surface area contributed by atoms with Crippen molar-refractivity contribution in [2.24, 2.45) is 0 Å². The molecule has 1 saturated carbocycles. The number of thiophene rings is 1. The third kappa shape index (κ3) is 2.23. The van der Waals surface area contributed by atoms with Crippen LogP contribution < -0.4 is 0 Å². The molecule has 90 valence electrons. The van der Waals surface area contributed by atoms with Gasteiger partial charge in [0.2, 0.25) is 0 Å². The molecule has 0 spiro atoms. The average molecular weight is 265 g/mol. The molecule has 2 atom stereocenters. The zero-order valence-electron chi connectivity index (χ0n) is 9.86. The van der Waals surface area contributed by atoms with Crippen LogP contribution in [0.1, 0.15) is 43.6 Å². The lowest BCUT2D eigenvalue weighted by atomic mass is 9.91. The van der Waals surface area contributed by atoms with E-state index >= 15 is 0 Å². The van der Waals surface area contributed by atoms with Crippen LogP contribution in [0.4, 0.5) is 0 Å². The van der Waals surface area contributed by atoms with Crippen LogP contribution >= 0.6 is 22.9 Å². The van der Waals surface area contributed by atoms with Gasteiger partial charge < -0.3 is 0 Å². The van der Waals surface area contributed by atoms with E-state index in [1.54, 1.807) is 0 Å². The molecule has 1 aromatic carbocycles. The highest BCUT2D eigenvalue weighted by Gasteiger charge is 2.24. The molecule has 1 aromatic heterocycles. The van der Waals surface area contributed by atoms with Crippen LogP contribution in [0.3, 0.4) is 0 Å². The maximum Gasteiger partial charge on any atom is 0.0405 e. The van der Waals surface area contributed by atoms with Crippen LogP contribution in [0.5, 0.6) is 0 Å². The topological polar surface area (TPSA) is 0 Å².